The van der Waals surface area contributed by atoms with Crippen LogP contribution in [-0.2, 0) is 16.2 Å². The Balaban J connectivity index is 1.46. The molecule has 2 N–H and O–H groups in total. The summed E-state index contributed by atoms with van der Waals surface area (Å²) in [5.74, 6) is 0.434. The van der Waals surface area contributed by atoms with Crippen molar-refractivity contribution < 1.29 is 29.3 Å². The van der Waals surface area contributed by atoms with Gasteiger partial charge in [0.2, 0.25) is 0 Å². The van der Waals surface area contributed by atoms with E-state index in [-0.39, 0.29) is 18.6 Å². The molecular weight excluding hydrogens is 392 g/mol. The van der Waals surface area contributed by atoms with Crippen molar-refractivity contribution in [2.45, 2.75) is 31.6 Å². The van der Waals surface area contributed by atoms with Gasteiger partial charge in [-0.3, -0.25) is 4.79 Å². The van der Waals surface area contributed by atoms with Crippen LogP contribution in [0.25, 0.3) is 0 Å². The number of hydrogen-bond acceptors (Lipinski definition) is 7. The molecule has 0 saturated carbocycles. The molecule has 2 atom stereocenters. The number of hydrogen-bond donors (Lipinski definition) is 2. The maximum absolute atomic E-state index is 12.5. The number of carbonyl (C=O) groups is 1. The average molecular weight is 418 g/mol. The molecular formula is C21H26N2O7. The van der Waals surface area contributed by atoms with Crippen molar-refractivity contribution in [3.63, 3.8) is 0 Å². The summed E-state index contributed by atoms with van der Waals surface area (Å²) in [6.07, 6.45) is 0.324. The fraction of sp³-hybridized carbons (Fsp3) is 0.429. The molecule has 1 fully saturated rings. The SMILES string of the molecule is O=C(O)ON1CCC(O)C(n2ccc(OCCCOCc3ccccc3)cc2=O)C1. The molecule has 1 aliphatic heterocycles. The van der Waals surface area contributed by atoms with Crippen LogP contribution in [0.5, 0.6) is 5.75 Å². The summed E-state index contributed by atoms with van der Waals surface area (Å²) in [5.41, 5.74) is 0.772. The molecule has 0 amide bonds. The summed E-state index contributed by atoms with van der Waals surface area (Å²) >= 11 is 0. The molecule has 2 aromatic rings. The Labute approximate surface area is 174 Å². The van der Waals surface area contributed by atoms with Gasteiger partial charge in [-0.25, -0.2) is 4.79 Å². The van der Waals surface area contributed by atoms with E-state index in [2.05, 4.69) is 4.84 Å². The predicted octanol–water partition coefficient (Wildman–Crippen LogP) is 2.05. The quantitative estimate of drug-likeness (QED) is 0.596. The van der Waals surface area contributed by atoms with Crippen LogP contribution in [0.15, 0.2) is 53.5 Å². The lowest BCUT2D eigenvalue weighted by Gasteiger charge is -2.34. The second-order valence-corrected chi connectivity index (χ2v) is 7.02. The first kappa shape index (κ1) is 21.8. The highest BCUT2D eigenvalue weighted by atomic mass is 16.8. The van der Waals surface area contributed by atoms with Gasteiger partial charge in [-0.15, -0.1) is 5.06 Å². The van der Waals surface area contributed by atoms with Crippen molar-refractivity contribution in [2.75, 3.05) is 26.3 Å². The molecule has 0 radical (unpaired) electrons. The van der Waals surface area contributed by atoms with Gasteiger partial charge >= 0.3 is 6.16 Å². The Hall–Kier alpha value is -2.88. The van der Waals surface area contributed by atoms with Crippen molar-refractivity contribution in [1.29, 1.82) is 0 Å². The van der Waals surface area contributed by atoms with Crippen LogP contribution in [0.3, 0.4) is 0 Å². The van der Waals surface area contributed by atoms with E-state index in [1.165, 1.54) is 15.7 Å². The normalized spacial score (nSPS) is 19.4. The minimum atomic E-state index is -1.42. The van der Waals surface area contributed by atoms with Crippen molar-refractivity contribution in [3.8, 4) is 5.75 Å². The number of piperidine rings is 1. The lowest BCUT2D eigenvalue weighted by atomic mass is 10.0. The molecule has 0 bridgehead atoms. The number of aliphatic hydroxyl groups is 1. The zero-order valence-electron chi connectivity index (χ0n) is 16.6. The third-order valence-corrected chi connectivity index (χ3v) is 4.81. The smallest absolute Gasteiger partial charge is 0.493 e. The number of pyridine rings is 1. The van der Waals surface area contributed by atoms with Crippen LogP contribution in [0.4, 0.5) is 4.79 Å². The lowest BCUT2D eigenvalue weighted by molar-refractivity contribution is -0.156. The van der Waals surface area contributed by atoms with Gasteiger partial charge in [-0.1, -0.05) is 30.3 Å². The highest BCUT2D eigenvalue weighted by Gasteiger charge is 2.31. The zero-order chi connectivity index (χ0) is 21.3. The summed E-state index contributed by atoms with van der Waals surface area (Å²) in [5, 5.41) is 20.2. The highest BCUT2D eigenvalue weighted by Crippen LogP contribution is 2.22. The van der Waals surface area contributed by atoms with E-state index >= 15 is 0 Å². The average Bonchev–Trinajstić information content (AvgIpc) is 2.73. The maximum atomic E-state index is 12.5. The van der Waals surface area contributed by atoms with E-state index in [9.17, 15) is 14.7 Å². The monoisotopic (exact) mass is 418 g/mol. The van der Waals surface area contributed by atoms with Crippen LogP contribution in [0, 0.1) is 0 Å². The molecule has 0 aliphatic carbocycles. The summed E-state index contributed by atoms with van der Waals surface area (Å²) in [6, 6.07) is 12.3. The topological polar surface area (TPSA) is 110 Å². The number of aromatic nitrogens is 1. The van der Waals surface area contributed by atoms with Crippen LogP contribution < -0.4 is 10.3 Å². The Morgan fingerprint density at radius 1 is 1.17 bits per heavy atom. The second kappa shape index (κ2) is 10.8. The van der Waals surface area contributed by atoms with Gasteiger partial charge in [0.15, 0.2) is 0 Å². The molecule has 1 aromatic carbocycles. The standard InChI is InChI=1S/C21H26N2O7/c24-19-8-9-22(30-21(26)27)14-18(19)23-10-7-17(13-20(23)25)29-12-4-11-28-15-16-5-2-1-3-6-16/h1-3,5-7,10,13,18-19,24H,4,8-9,11-12,14-15H2,(H,26,27). The van der Waals surface area contributed by atoms with Crippen molar-refractivity contribution in [1.82, 2.24) is 9.63 Å². The van der Waals surface area contributed by atoms with Crippen LogP contribution in [0.1, 0.15) is 24.4 Å². The highest BCUT2D eigenvalue weighted by molar-refractivity contribution is 5.56. The van der Waals surface area contributed by atoms with Gasteiger partial charge in [-0.05, 0) is 18.1 Å². The molecule has 30 heavy (non-hydrogen) atoms. The number of ether oxygens (including phenoxy) is 2. The molecule has 9 nitrogen and oxygen atoms in total. The second-order valence-electron chi connectivity index (χ2n) is 7.02. The molecule has 162 valence electrons. The number of carboxylic acid groups (broad SMARTS) is 1. The minimum Gasteiger partial charge on any atom is -0.493 e. The van der Waals surface area contributed by atoms with Crippen molar-refractivity contribution in [3.05, 3.63) is 64.6 Å². The summed E-state index contributed by atoms with van der Waals surface area (Å²) < 4.78 is 12.6. The van der Waals surface area contributed by atoms with Crippen LogP contribution in [0.2, 0.25) is 0 Å². The molecule has 9 heteroatoms. The molecule has 3 rings (SSSR count). The van der Waals surface area contributed by atoms with Gasteiger partial charge in [0.1, 0.15) is 5.75 Å². The molecule has 1 aliphatic rings. The first-order valence-electron chi connectivity index (χ1n) is 9.83. The fourth-order valence-electron chi connectivity index (χ4n) is 3.31. The minimum absolute atomic E-state index is 0.0896. The van der Waals surface area contributed by atoms with Crippen molar-refractivity contribution in [2.24, 2.45) is 0 Å². The molecule has 2 heterocycles. The Bertz CT molecular complexity index is 871. The summed E-state index contributed by atoms with van der Waals surface area (Å²) in [7, 11) is 0. The summed E-state index contributed by atoms with van der Waals surface area (Å²) in [6.45, 7) is 1.85. The molecule has 2 unspecified atom stereocenters. The molecule has 1 aromatic heterocycles. The molecule has 0 spiro atoms. The summed E-state index contributed by atoms with van der Waals surface area (Å²) in [4.78, 5) is 27.9. The third kappa shape index (κ3) is 6.31. The Kier molecular flexibility index (Phi) is 7.83. The Morgan fingerprint density at radius 2 is 1.97 bits per heavy atom. The van der Waals surface area contributed by atoms with E-state index in [0.717, 1.165) is 5.56 Å². The van der Waals surface area contributed by atoms with Gasteiger partial charge in [-0.2, -0.15) is 0 Å². The first-order valence-corrected chi connectivity index (χ1v) is 9.83. The first-order chi connectivity index (χ1) is 14.5. The number of hydroxylamine groups is 2. The Morgan fingerprint density at radius 3 is 2.70 bits per heavy atom. The van der Waals surface area contributed by atoms with Crippen LogP contribution in [-0.4, -0.2) is 58.4 Å². The van der Waals surface area contributed by atoms with Crippen LogP contribution >= 0.6 is 0 Å². The number of benzene rings is 1. The number of aliphatic hydroxyl groups excluding tert-OH is 1. The third-order valence-electron chi connectivity index (χ3n) is 4.81. The van der Waals surface area contributed by atoms with Gasteiger partial charge in [0, 0.05) is 25.2 Å². The number of nitrogens with zero attached hydrogens (tertiary/aromatic N) is 2. The van der Waals surface area contributed by atoms with Gasteiger partial charge in [0.25, 0.3) is 5.56 Å². The van der Waals surface area contributed by atoms with Crippen molar-refractivity contribution >= 4 is 6.16 Å². The van der Waals surface area contributed by atoms with E-state index in [0.29, 0.717) is 38.4 Å². The maximum Gasteiger partial charge on any atom is 0.525 e. The van der Waals surface area contributed by atoms with Gasteiger partial charge < -0.3 is 29.1 Å². The lowest BCUT2D eigenvalue weighted by Crippen LogP contribution is -2.47. The fourth-order valence-corrected chi connectivity index (χ4v) is 3.31. The van der Waals surface area contributed by atoms with E-state index in [1.807, 2.05) is 30.3 Å². The predicted molar refractivity (Wildman–Crippen MR) is 107 cm³/mol. The van der Waals surface area contributed by atoms with E-state index in [4.69, 9.17) is 14.6 Å². The van der Waals surface area contributed by atoms with Gasteiger partial charge in [0.05, 0.1) is 38.5 Å². The number of rotatable bonds is 9. The molecule has 1 saturated heterocycles. The largest absolute Gasteiger partial charge is 0.525 e. The van der Waals surface area contributed by atoms with E-state index < -0.39 is 18.3 Å². The van der Waals surface area contributed by atoms with E-state index in [1.54, 1.807) is 12.3 Å². The zero-order valence-corrected chi connectivity index (χ0v) is 16.6.